The number of allylic oxidation sites excluding steroid dienone is 4. The zero-order chi connectivity index (χ0) is 13.9. The Hall–Kier alpha value is -2.16. The number of pyridine rings is 1. The summed E-state index contributed by atoms with van der Waals surface area (Å²) in [7, 11) is 0. The Morgan fingerprint density at radius 2 is 2.20 bits per heavy atom. The van der Waals surface area contributed by atoms with E-state index in [0.29, 0.717) is 5.92 Å². The van der Waals surface area contributed by atoms with E-state index in [2.05, 4.69) is 47.3 Å². The molecule has 3 rings (SSSR count). The summed E-state index contributed by atoms with van der Waals surface area (Å²) < 4.78 is 0. The van der Waals surface area contributed by atoms with Crippen LogP contribution in [0.3, 0.4) is 0 Å². The fraction of sp³-hybridized carbons (Fsp3) is 0.294. The first-order valence-electron chi connectivity index (χ1n) is 7.13. The van der Waals surface area contributed by atoms with Gasteiger partial charge in [-0.1, -0.05) is 31.2 Å². The zero-order valence-electron chi connectivity index (χ0n) is 11.9. The quantitative estimate of drug-likeness (QED) is 0.913. The second-order valence-corrected chi connectivity index (χ2v) is 5.15. The molecule has 2 aromatic heterocycles. The Bertz CT molecular complexity index is 647. The SMILES string of the molecule is CCc1[nH]c(-c2ccc(C)nc2)nc1C1C=CC=CC1. The molecule has 1 aliphatic rings. The summed E-state index contributed by atoms with van der Waals surface area (Å²) in [5, 5.41) is 0. The number of nitrogens with zero attached hydrogens (tertiary/aromatic N) is 2. The van der Waals surface area contributed by atoms with Gasteiger partial charge in [0, 0.05) is 29.1 Å². The minimum atomic E-state index is 0.387. The fourth-order valence-electron chi connectivity index (χ4n) is 2.53. The maximum absolute atomic E-state index is 4.82. The molecule has 0 fully saturated rings. The van der Waals surface area contributed by atoms with Crippen molar-refractivity contribution in [1.29, 1.82) is 0 Å². The van der Waals surface area contributed by atoms with Crippen molar-refractivity contribution in [3.05, 3.63) is 59.7 Å². The molecule has 0 bridgehead atoms. The van der Waals surface area contributed by atoms with Crippen LogP contribution in [-0.4, -0.2) is 15.0 Å². The van der Waals surface area contributed by atoms with E-state index < -0.39 is 0 Å². The van der Waals surface area contributed by atoms with Crippen LogP contribution in [0.1, 0.15) is 36.3 Å². The molecule has 102 valence electrons. The number of rotatable bonds is 3. The number of hydrogen-bond donors (Lipinski definition) is 1. The summed E-state index contributed by atoms with van der Waals surface area (Å²) in [6, 6.07) is 4.09. The van der Waals surface area contributed by atoms with Gasteiger partial charge in [-0.25, -0.2) is 4.98 Å². The monoisotopic (exact) mass is 265 g/mol. The van der Waals surface area contributed by atoms with E-state index in [1.54, 1.807) is 0 Å². The molecular formula is C17H19N3. The van der Waals surface area contributed by atoms with Crippen LogP contribution in [0.25, 0.3) is 11.4 Å². The average molecular weight is 265 g/mol. The van der Waals surface area contributed by atoms with E-state index in [1.807, 2.05) is 19.2 Å². The van der Waals surface area contributed by atoms with Crippen LogP contribution in [-0.2, 0) is 6.42 Å². The zero-order valence-corrected chi connectivity index (χ0v) is 11.9. The van der Waals surface area contributed by atoms with Gasteiger partial charge in [0.15, 0.2) is 0 Å². The van der Waals surface area contributed by atoms with Crippen molar-refractivity contribution in [3.63, 3.8) is 0 Å². The van der Waals surface area contributed by atoms with Crippen molar-refractivity contribution < 1.29 is 0 Å². The Balaban J connectivity index is 1.97. The molecule has 0 spiro atoms. The number of H-pyrrole nitrogens is 1. The third-order valence-corrected chi connectivity index (χ3v) is 3.68. The first kappa shape index (κ1) is 12.9. The van der Waals surface area contributed by atoms with Gasteiger partial charge in [-0.05, 0) is 31.9 Å². The van der Waals surface area contributed by atoms with Crippen molar-refractivity contribution in [2.45, 2.75) is 32.6 Å². The Morgan fingerprint density at radius 1 is 1.30 bits per heavy atom. The smallest absolute Gasteiger partial charge is 0.139 e. The second kappa shape index (κ2) is 5.45. The molecule has 0 saturated carbocycles. The number of nitrogens with one attached hydrogen (secondary N) is 1. The number of aryl methyl sites for hydroxylation is 2. The molecule has 2 heterocycles. The lowest BCUT2D eigenvalue weighted by atomic mass is 9.95. The van der Waals surface area contributed by atoms with Crippen molar-refractivity contribution in [2.24, 2.45) is 0 Å². The van der Waals surface area contributed by atoms with Crippen LogP contribution in [0, 0.1) is 6.92 Å². The van der Waals surface area contributed by atoms with E-state index in [-0.39, 0.29) is 0 Å². The van der Waals surface area contributed by atoms with Gasteiger partial charge in [-0.2, -0.15) is 0 Å². The van der Waals surface area contributed by atoms with Crippen LogP contribution < -0.4 is 0 Å². The molecule has 1 aliphatic carbocycles. The lowest BCUT2D eigenvalue weighted by Crippen LogP contribution is -2.00. The normalized spacial score (nSPS) is 17.6. The first-order chi connectivity index (χ1) is 9.78. The highest BCUT2D eigenvalue weighted by atomic mass is 14.9. The molecule has 0 aromatic carbocycles. The van der Waals surface area contributed by atoms with Crippen molar-refractivity contribution in [3.8, 4) is 11.4 Å². The van der Waals surface area contributed by atoms with Crippen LogP contribution in [0.15, 0.2) is 42.6 Å². The largest absolute Gasteiger partial charge is 0.342 e. The van der Waals surface area contributed by atoms with Gasteiger partial charge in [0.2, 0.25) is 0 Å². The summed E-state index contributed by atoms with van der Waals surface area (Å²) in [4.78, 5) is 12.6. The van der Waals surface area contributed by atoms with E-state index in [1.165, 1.54) is 11.4 Å². The molecule has 3 heteroatoms. The van der Waals surface area contributed by atoms with Gasteiger partial charge < -0.3 is 4.98 Å². The van der Waals surface area contributed by atoms with Gasteiger partial charge in [-0.15, -0.1) is 0 Å². The van der Waals surface area contributed by atoms with Gasteiger partial charge >= 0.3 is 0 Å². The van der Waals surface area contributed by atoms with Crippen LogP contribution in [0.2, 0.25) is 0 Å². The lowest BCUT2D eigenvalue weighted by molar-refractivity contribution is 0.805. The molecule has 2 aromatic rings. The minimum Gasteiger partial charge on any atom is -0.342 e. The van der Waals surface area contributed by atoms with Crippen molar-refractivity contribution in [2.75, 3.05) is 0 Å². The maximum Gasteiger partial charge on any atom is 0.139 e. The summed E-state index contributed by atoms with van der Waals surface area (Å²) in [6.45, 7) is 4.16. The number of hydrogen-bond acceptors (Lipinski definition) is 2. The van der Waals surface area contributed by atoms with E-state index in [9.17, 15) is 0 Å². The molecule has 3 nitrogen and oxygen atoms in total. The van der Waals surface area contributed by atoms with Crippen molar-refractivity contribution >= 4 is 0 Å². The molecule has 1 N–H and O–H groups in total. The Morgan fingerprint density at radius 3 is 2.85 bits per heavy atom. The molecule has 1 unspecified atom stereocenters. The van der Waals surface area contributed by atoms with E-state index >= 15 is 0 Å². The Kier molecular flexibility index (Phi) is 3.50. The third-order valence-electron chi connectivity index (χ3n) is 3.68. The van der Waals surface area contributed by atoms with Gasteiger partial charge in [-0.3, -0.25) is 4.98 Å². The standard InChI is InChI=1S/C17H19N3/c1-3-15-16(13-7-5-4-6-8-13)20-17(19-15)14-10-9-12(2)18-11-14/h4-7,9-11,13H,3,8H2,1-2H3,(H,19,20). The van der Waals surface area contributed by atoms with E-state index in [0.717, 1.165) is 29.9 Å². The fourth-order valence-corrected chi connectivity index (χ4v) is 2.53. The molecule has 0 radical (unpaired) electrons. The number of aromatic amines is 1. The van der Waals surface area contributed by atoms with Gasteiger partial charge in [0.05, 0.1) is 5.69 Å². The van der Waals surface area contributed by atoms with Crippen LogP contribution in [0.5, 0.6) is 0 Å². The number of imidazole rings is 1. The Labute approximate surface area is 119 Å². The summed E-state index contributed by atoms with van der Waals surface area (Å²) in [5.41, 5.74) is 4.47. The summed E-state index contributed by atoms with van der Waals surface area (Å²) in [6.07, 6.45) is 12.5. The summed E-state index contributed by atoms with van der Waals surface area (Å²) >= 11 is 0. The van der Waals surface area contributed by atoms with E-state index in [4.69, 9.17) is 4.98 Å². The average Bonchev–Trinajstić information content (AvgIpc) is 2.93. The predicted molar refractivity (Wildman–Crippen MR) is 81.6 cm³/mol. The van der Waals surface area contributed by atoms with Gasteiger partial charge in [0.25, 0.3) is 0 Å². The maximum atomic E-state index is 4.82. The molecular weight excluding hydrogens is 246 g/mol. The molecule has 0 saturated heterocycles. The first-order valence-corrected chi connectivity index (χ1v) is 7.13. The van der Waals surface area contributed by atoms with Crippen LogP contribution >= 0.6 is 0 Å². The topological polar surface area (TPSA) is 41.6 Å². The predicted octanol–water partition coefficient (Wildman–Crippen LogP) is 3.94. The molecule has 0 amide bonds. The molecule has 1 atom stereocenters. The van der Waals surface area contributed by atoms with Gasteiger partial charge in [0.1, 0.15) is 5.82 Å². The molecule has 20 heavy (non-hydrogen) atoms. The minimum absolute atomic E-state index is 0.387. The highest BCUT2D eigenvalue weighted by Crippen LogP contribution is 2.28. The summed E-state index contributed by atoms with van der Waals surface area (Å²) in [5.74, 6) is 1.31. The lowest BCUT2D eigenvalue weighted by Gasteiger charge is -2.11. The third kappa shape index (κ3) is 2.44. The second-order valence-electron chi connectivity index (χ2n) is 5.15. The number of aromatic nitrogens is 3. The van der Waals surface area contributed by atoms with Crippen LogP contribution in [0.4, 0.5) is 0 Å². The van der Waals surface area contributed by atoms with Crippen molar-refractivity contribution in [1.82, 2.24) is 15.0 Å². The molecule has 0 aliphatic heterocycles. The highest BCUT2D eigenvalue weighted by molar-refractivity contribution is 5.55. The highest BCUT2D eigenvalue weighted by Gasteiger charge is 2.18.